The number of hydrogen-bond donors (Lipinski definition) is 1. The molecule has 1 fully saturated rings. The normalized spacial score (nSPS) is 15.2. The molecule has 1 aliphatic heterocycles. The molecule has 3 heterocycles. The third-order valence-corrected chi connectivity index (χ3v) is 4.36. The minimum atomic E-state index is -0.0222. The molecule has 0 aliphatic carbocycles. The van der Waals surface area contributed by atoms with Crippen LogP contribution in [0.5, 0.6) is 0 Å². The van der Waals surface area contributed by atoms with Gasteiger partial charge in [0.15, 0.2) is 0 Å². The zero-order valence-electron chi connectivity index (χ0n) is 14.1. The van der Waals surface area contributed by atoms with Crippen molar-refractivity contribution < 1.29 is 9.59 Å². The fraction of sp³-hybridized carbons (Fsp3) is 0.389. The van der Waals surface area contributed by atoms with Crippen molar-refractivity contribution in [2.75, 3.05) is 26.2 Å². The summed E-state index contributed by atoms with van der Waals surface area (Å²) >= 11 is 0. The number of rotatable bonds is 2. The third-order valence-electron chi connectivity index (χ3n) is 4.36. The topological polar surface area (TPSA) is 69.3 Å². The van der Waals surface area contributed by atoms with Crippen molar-refractivity contribution in [2.45, 2.75) is 20.3 Å². The van der Waals surface area contributed by atoms with Gasteiger partial charge in [0.05, 0.1) is 11.1 Å². The number of aryl methyl sites for hydroxylation is 2. The quantitative estimate of drug-likeness (QED) is 0.918. The van der Waals surface area contributed by atoms with Gasteiger partial charge in [-0.15, -0.1) is 0 Å². The minimum absolute atomic E-state index is 0.0222. The maximum absolute atomic E-state index is 12.7. The summed E-state index contributed by atoms with van der Waals surface area (Å²) in [6, 6.07) is 5.42. The number of pyridine rings is 1. The molecule has 1 aliphatic rings. The Morgan fingerprint density at radius 1 is 1.08 bits per heavy atom. The number of amides is 2. The van der Waals surface area contributed by atoms with Crippen LogP contribution in [0.2, 0.25) is 0 Å². The van der Waals surface area contributed by atoms with Gasteiger partial charge in [-0.3, -0.25) is 14.6 Å². The zero-order chi connectivity index (χ0) is 17.1. The molecule has 0 atom stereocenters. The van der Waals surface area contributed by atoms with Crippen molar-refractivity contribution in [3.05, 3.63) is 53.1 Å². The van der Waals surface area contributed by atoms with E-state index >= 15 is 0 Å². The molecular weight excluding hydrogens is 304 g/mol. The second-order valence-electron chi connectivity index (χ2n) is 6.17. The van der Waals surface area contributed by atoms with Gasteiger partial charge in [-0.2, -0.15) is 0 Å². The Bertz CT molecular complexity index is 739. The standard InChI is InChI=1S/C18H22N4O2/c1-13-11-16(14(2)20-13)18(24)22-8-4-7-21(9-10-22)17(23)15-5-3-6-19-12-15/h3,5-6,11-12,20H,4,7-10H2,1-2H3. The zero-order valence-corrected chi connectivity index (χ0v) is 14.1. The molecule has 6 heteroatoms. The molecule has 0 radical (unpaired) electrons. The van der Waals surface area contributed by atoms with Gasteiger partial charge in [-0.1, -0.05) is 0 Å². The summed E-state index contributed by atoms with van der Waals surface area (Å²) in [4.78, 5) is 36.1. The number of H-pyrrole nitrogens is 1. The molecule has 126 valence electrons. The molecule has 2 aromatic rings. The fourth-order valence-corrected chi connectivity index (χ4v) is 3.11. The van der Waals surface area contributed by atoms with Crippen molar-refractivity contribution in [3.63, 3.8) is 0 Å². The first kappa shape index (κ1) is 16.2. The van der Waals surface area contributed by atoms with E-state index in [0.717, 1.165) is 23.4 Å². The molecule has 24 heavy (non-hydrogen) atoms. The molecule has 0 bridgehead atoms. The van der Waals surface area contributed by atoms with Crippen LogP contribution in [-0.4, -0.2) is 57.8 Å². The van der Waals surface area contributed by atoms with Crippen molar-refractivity contribution in [3.8, 4) is 0 Å². The summed E-state index contributed by atoms with van der Waals surface area (Å²) < 4.78 is 0. The van der Waals surface area contributed by atoms with Gasteiger partial charge in [0.1, 0.15) is 0 Å². The molecule has 3 rings (SSSR count). The minimum Gasteiger partial charge on any atom is -0.362 e. The number of hydrogen-bond acceptors (Lipinski definition) is 3. The van der Waals surface area contributed by atoms with Crippen molar-refractivity contribution >= 4 is 11.8 Å². The highest BCUT2D eigenvalue weighted by atomic mass is 16.2. The molecule has 1 N–H and O–H groups in total. The predicted octanol–water partition coefficient (Wildman–Crippen LogP) is 2.01. The maximum atomic E-state index is 12.7. The van der Waals surface area contributed by atoms with E-state index < -0.39 is 0 Å². The Labute approximate surface area is 141 Å². The van der Waals surface area contributed by atoms with Gasteiger partial charge in [0.25, 0.3) is 11.8 Å². The summed E-state index contributed by atoms with van der Waals surface area (Å²) in [5.74, 6) is 0.0126. The van der Waals surface area contributed by atoms with Crippen LogP contribution in [0.4, 0.5) is 0 Å². The highest BCUT2D eigenvalue weighted by molar-refractivity contribution is 5.96. The highest BCUT2D eigenvalue weighted by Gasteiger charge is 2.24. The Kier molecular flexibility index (Phi) is 4.64. The van der Waals surface area contributed by atoms with Gasteiger partial charge >= 0.3 is 0 Å². The van der Waals surface area contributed by atoms with Crippen LogP contribution in [0.1, 0.15) is 38.5 Å². The predicted molar refractivity (Wildman–Crippen MR) is 90.9 cm³/mol. The summed E-state index contributed by atoms with van der Waals surface area (Å²) in [6.45, 7) is 6.27. The van der Waals surface area contributed by atoms with Crippen molar-refractivity contribution in [1.82, 2.24) is 19.8 Å². The van der Waals surface area contributed by atoms with Crippen molar-refractivity contribution in [2.24, 2.45) is 0 Å². The molecule has 1 saturated heterocycles. The van der Waals surface area contributed by atoms with E-state index in [-0.39, 0.29) is 11.8 Å². The van der Waals surface area contributed by atoms with E-state index in [9.17, 15) is 9.59 Å². The first-order valence-corrected chi connectivity index (χ1v) is 8.21. The summed E-state index contributed by atoms with van der Waals surface area (Å²) in [5.41, 5.74) is 3.19. The Morgan fingerprint density at radius 3 is 2.38 bits per heavy atom. The largest absolute Gasteiger partial charge is 0.362 e. The lowest BCUT2D eigenvalue weighted by Gasteiger charge is -2.22. The second kappa shape index (κ2) is 6.86. The van der Waals surface area contributed by atoms with Gasteiger partial charge in [-0.25, -0.2) is 0 Å². The number of carbonyl (C=O) groups is 2. The number of carbonyl (C=O) groups excluding carboxylic acids is 2. The van der Waals surface area contributed by atoms with Gasteiger partial charge in [0, 0.05) is 50.0 Å². The van der Waals surface area contributed by atoms with Crippen LogP contribution >= 0.6 is 0 Å². The second-order valence-corrected chi connectivity index (χ2v) is 6.17. The van der Waals surface area contributed by atoms with Crippen LogP contribution < -0.4 is 0 Å². The SMILES string of the molecule is Cc1cc(C(=O)N2CCCN(C(=O)c3cccnc3)CC2)c(C)[nH]1. The number of nitrogens with one attached hydrogen (secondary N) is 1. The average Bonchev–Trinajstić information content (AvgIpc) is 2.79. The maximum Gasteiger partial charge on any atom is 0.255 e. The van der Waals surface area contributed by atoms with Crippen molar-refractivity contribution in [1.29, 1.82) is 0 Å². The Hall–Kier alpha value is -2.63. The smallest absolute Gasteiger partial charge is 0.255 e. The molecule has 2 aromatic heterocycles. The molecule has 6 nitrogen and oxygen atoms in total. The van der Waals surface area contributed by atoms with E-state index in [0.29, 0.717) is 31.7 Å². The Balaban J connectivity index is 1.68. The van der Waals surface area contributed by atoms with E-state index in [4.69, 9.17) is 0 Å². The lowest BCUT2D eigenvalue weighted by atomic mass is 10.2. The molecule has 0 unspecified atom stereocenters. The fourth-order valence-electron chi connectivity index (χ4n) is 3.11. The highest BCUT2D eigenvalue weighted by Crippen LogP contribution is 2.15. The van der Waals surface area contributed by atoms with E-state index in [2.05, 4.69) is 9.97 Å². The Morgan fingerprint density at radius 2 is 1.79 bits per heavy atom. The summed E-state index contributed by atoms with van der Waals surface area (Å²) in [7, 11) is 0. The lowest BCUT2D eigenvalue weighted by Crippen LogP contribution is -2.37. The van der Waals surface area contributed by atoms with Crippen LogP contribution in [-0.2, 0) is 0 Å². The first-order chi connectivity index (χ1) is 11.6. The van der Waals surface area contributed by atoms with Gasteiger partial charge in [0.2, 0.25) is 0 Å². The molecule has 0 spiro atoms. The van der Waals surface area contributed by atoms with E-state index in [1.165, 1.54) is 0 Å². The number of aromatic nitrogens is 2. The van der Waals surface area contributed by atoms with Crippen LogP contribution in [0.25, 0.3) is 0 Å². The monoisotopic (exact) mass is 326 g/mol. The number of aromatic amines is 1. The summed E-state index contributed by atoms with van der Waals surface area (Å²) in [5, 5.41) is 0. The molecule has 0 aromatic carbocycles. The molecule has 0 saturated carbocycles. The van der Waals surface area contributed by atoms with Gasteiger partial charge in [-0.05, 0) is 38.5 Å². The summed E-state index contributed by atoms with van der Waals surface area (Å²) in [6.07, 6.45) is 4.02. The van der Waals surface area contributed by atoms with E-state index in [1.807, 2.05) is 24.8 Å². The first-order valence-electron chi connectivity index (χ1n) is 8.21. The lowest BCUT2D eigenvalue weighted by molar-refractivity contribution is 0.0718. The number of nitrogens with zero attached hydrogens (tertiary/aromatic N) is 3. The third kappa shape index (κ3) is 3.32. The van der Waals surface area contributed by atoms with Gasteiger partial charge < -0.3 is 14.8 Å². The van der Waals surface area contributed by atoms with Crippen LogP contribution in [0.15, 0.2) is 30.6 Å². The molecule has 2 amide bonds. The van der Waals surface area contributed by atoms with Crippen LogP contribution in [0, 0.1) is 13.8 Å². The average molecular weight is 326 g/mol. The van der Waals surface area contributed by atoms with E-state index in [1.54, 1.807) is 29.4 Å². The van der Waals surface area contributed by atoms with Crippen LogP contribution in [0.3, 0.4) is 0 Å². The molecular formula is C18H22N4O2.